The van der Waals surface area contributed by atoms with Crippen molar-refractivity contribution in [3.05, 3.63) is 18.1 Å². The number of carbonyl (C=O) groups is 1. The van der Waals surface area contributed by atoms with Crippen LogP contribution in [0.2, 0.25) is 0 Å². The molecule has 2 rings (SSSR count). The minimum atomic E-state index is -0.250. The Morgan fingerprint density at radius 3 is 2.62 bits per heavy atom. The largest absolute Gasteiger partial charge is 0.483 e. The number of nitrogen functional groups attached to an aromatic ring is 1. The highest BCUT2D eigenvalue weighted by atomic mass is 16.3. The zero-order valence-electron chi connectivity index (χ0n) is 7.05. The molecule has 1 aliphatic carbocycles. The maximum atomic E-state index is 8.36. The predicted octanol–water partition coefficient (Wildman–Crippen LogP) is 0.637. The van der Waals surface area contributed by atoms with Crippen LogP contribution < -0.4 is 5.73 Å². The zero-order chi connectivity index (χ0) is 9.68. The second-order valence-electron chi connectivity index (χ2n) is 2.75. The Morgan fingerprint density at radius 2 is 2.15 bits per heavy atom. The van der Waals surface area contributed by atoms with Gasteiger partial charge in [0.25, 0.3) is 6.47 Å². The molecule has 1 aromatic heterocycles. The van der Waals surface area contributed by atoms with E-state index in [-0.39, 0.29) is 6.47 Å². The number of anilines is 1. The third-order valence-corrected chi connectivity index (χ3v) is 1.71. The first-order chi connectivity index (χ1) is 6.27. The third-order valence-electron chi connectivity index (χ3n) is 1.71. The fraction of sp³-hybridized carbons (Fsp3) is 0.375. The van der Waals surface area contributed by atoms with E-state index in [1.165, 1.54) is 19.2 Å². The summed E-state index contributed by atoms with van der Waals surface area (Å²) in [7, 11) is 0. The van der Waals surface area contributed by atoms with E-state index >= 15 is 0 Å². The van der Waals surface area contributed by atoms with Crippen molar-refractivity contribution in [2.75, 3.05) is 5.73 Å². The summed E-state index contributed by atoms with van der Waals surface area (Å²) in [4.78, 5) is 16.3. The number of nitrogens with zero attached hydrogens (tertiary/aromatic N) is 2. The molecule has 5 heteroatoms. The van der Waals surface area contributed by atoms with E-state index in [9.17, 15) is 0 Å². The van der Waals surface area contributed by atoms with Crippen LogP contribution >= 0.6 is 0 Å². The van der Waals surface area contributed by atoms with Crippen molar-refractivity contribution in [1.29, 1.82) is 0 Å². The standard InChI is InChI=1S/C7H9N3.CH2O2/c8-7-3-6(5-1-2-5)9-4-10-7;2-1-3/h3-5H,1-2H2,(H2,8,9,10);1H,(H,2,3). The summed E-state index contributed by atoms with van der Waals surface area (Å²) >= 11 is 0. The van der Waals surface area contributed by atoms with Crippen molar-refractivity contribution in [3.8, 4) is 0 Å². The van der Waals surface area contributed by atoms with Gasteiger partial charge in [-0.1, -0.05) is 0 Å². The lowest BCUT2D eigenvalue weighted by Crippen LogP contribution is -1.93. The molecule has 5 nitrogen and oxygen atoms in total. The fourth-order valence-corrected chi connectivity index (χ4v) is 0.991. The van der Waals surface area contributed by atoms with Crippen molar-refractivity contribution >= 4 is 12.3 Å². The van der Waals surface area contributed by atoms with Crippen LogP contribution in [0, 0.1) is 0 Å². The highest BCUT2D eigenvalue weighted by Gasteiger charge is 2.24. The Labute approximate surface area is 75.6 Å². The lowest BCUT2D eigenvalue weighted by atomic mass is 10.3. The molecule has 70 valence electrons. The van der Waals surface area contributed by atoms with Gasteiger partial charge in [0.15, 0.2) is 0 Å². The van der Waals surface area contributed by atoms with Crippen LogP contribution in [0.5, 0.6) is 0 Å². The maximum absolute atomic E-state index is 8.36. The zero-order valence-corrected chi connectivity index (χ0v) is 7.05. The predicted molar refractivity (Wildman–Crippen MR) is 47.1 cm³/mol. The van der Waals surface area contributed by atoms with E-state index in [2.05, 4.69) is 9.97 Å². The van der Waals surface area contributed by atoms with Gasteiger partial charge in [0.2, 0.25) is 0 Å². The maximum Gasteiger partial charge on any atom is 0.290 e. The summed E-state index contributed by atoms with van der Waals surface area (Å²) in [6.07, 6.45) is 4.05. The van der Waals surface area contributed by atoms with Gasteiger partial charge in [0.05, 0.1) is 0 Å². The number of rotatable bonds is 1. The molecule has 0 bridgehead atoms. The normalized spacial score (nSPS) is 14.2. The molecule has 1 aliphatic rings. The third kappa shape index (κ3) is 3.06. The molecule has 1 heterocycles. The Hall–Kier alpha value is -1.65. The lowest BCUT2D eigenvalue weighted by molar-refractivity contribution is -0.122. The van der Waals surface area contributed by atoms with E-state index in [0.29, 0.717) is 11.7 Å². The SMILES string of the molecule is Nc1cc(C2CC2)ncn1.O=CO. The average molecular weight is 181 g/mol. The van der Waals surface area contributed by atoms with E-state index in [1.807, 2.05) is 6.07 Å². The minimum absolute atomic E-state index is 0.250. The Bertz CT molecular complexity index is 286. The second-order valence-corrected chi connectivity index (χ2v) is 2.75. The first kappa shape index (κ1) is 9.44. The van der Waals surface area contributed by atoms with Gasteiger partial charge in [0.1, 0.15) is 12.1 Å². The number of aromatic nitrogens is 2. The molecule has 0 spiro atoms. The summed E-state index contributed by atoms with van der Waals surface area (Å²) in [5, 5.41) is 6.89. The topological polar surface area (TPSA) is 89.1 Å². The molecule has 0 amide bonds. The monoisotopic (exact) mass is 181 g/mol. The summed E-state index contributed by atoms with van der Waals surface area (Å²) in [6.45, 7) is -0.250. The molecular weight excluding hydrogens is 170 g/mol. The van der Waals surface area contributed by atoms with Gasteiger partial charge in [-0.2, -0.15) is 0 Å². The Kier molecular flexibility index (Phi) is 3.19. The van der Waals surface area contributed by atoms with Gasteiger partial charge in [-0.3, -0.25) is 4.79 Å². The average Bonchev–Trinajstić information content (AvgIpc) is 2.87. The number of carboxylic acid groups (broad SMARTS) is 1. The summed E-state index contributed by atoms with van der Waals surface area (Å²) in [5.41, 5.74) is 6.58. The van der Waals surface area contributed by atoms with Crippen LogP contribution in [0.1, 0.15) is 24.5 Å². The van der Waals surface area contributed by atoms with Crippen molar-refractivity contribution in [3.63, 3.8) is 0 Å². The van der Waals surface area contributed by atoms with Crippen LogP contribution in [0.25, 0.3) is 0 Å². The molecule has 0 radical (unpaired) electrons. The molecule has 1 saturated carbocycles. The molecule has 13 heavy (non-hydrogen) atoms. The quantitative estimate of drug-likeness (QED) is 0.620. The van der Waals surface area contributed by atoms with E-state index < -0.39 is 0 Å². The van der Waals surface area contributed by atoms with Crippen LogP contribution in [0.3, 0.4) is 0 Å². The molecule has 0 unspecified atom stereocenters. The first-order valence-corrected chi connectivity index (χ1v) is 3.93. The van der Waals surface area contributed by atoms with Gasteiger partial charge in [-0.25, -0.2) is 9.97 Å². The summed E-state index contributed by atoms with van der Waals surface area (Å²) in [5.74, 6) is 1.25. The lowest BCUT2D eigenvalue weighted by Gasteiger charge is -1.95. The fourth-order valence-electron chi connectivity index (χ4n) is 0.991. The van der Waals surface area contributed by atoms with Gasteiger partial charge in [-0.05, 0) is 12.8 Å². The molecular formula is C8H11N3O2. The number of nitrogens with two attached hydrogens (primary N) is 1. The minimum Gasteiger partial charge on any atom is -0.483 e. The van der Waals surface area contributed by atoms with Gasteiger partial charge >= 0.3 is 0 Å². The number of hydrogen-bond donors (Lipinski definition) is 2. The van der Waals surface area contributed by atoms with Crippen molar-refractivity contribution in [1.82, 2.24) is 9.97 Å². The number of hydrogen-bond acceptors (Lipinski definition) is 4. The summed E-state index contributed by atoms with van der Waals surface area (Å²) in [6, 6.07) is 1.86. The van der Waals surface area contributed by atoms with Crippen molar-refractivity contribution < 1.29 is 9.90 Å². The Morgan fingerprint density at radius 1 is 1.54 bits per heavy atom. The van der Waals surface area contributed by atoms with Crippen LogP contribution in [-0.2, 0) is 4.79 Å². The highest BCUT2D eigenvalue weighted by molar-refractivity contribution is 5.32. The molecule has 0 saturated heterocycles. The van der Waals surface area contributed by atoms with Gasteiger partial charge in [-0.15, -0.1) is 0 Å². The van der Waals surface area contributed by atoms with Crippen LogP contribution in [0.4, 0.5) is 5.82 Å². The van der Waals surface area contributed by atoms with Crippen LogP contribution in [-0.4, -0.2) is 21.5 Å². The molecule has 0 aromatic carbocycles. The molecule has 0 atom stereocenters. The van der Waals surface area contributed by atoms with Crippen molar-refractivity contribution in [2.24, 2.45) is 0 Å². The molecule has 1 aromatic rings. The van der Waals surface area contributed by atoms with Gasteiger partial charge < -0.3 is 10.8 Å². The summed E-state index contributed by atoms with van der Waals surface area (Å²) < 4.78 is 0. The van der Waals surface area contributed by atoms with Gasteiger partial charge in [0, 0.05) is 17.7 Å². The van der Waals surface area contributed by atoms with E-state index in [1.54, 1.807) is 0 Å². The smallest absolute Gasteiger partial charge is 0.290 e. The van der Waals surface area contributed by atoms with Crippen molar-refractivity contribution in [2.45, 2.75) is 18.8 Å². The Balaban J connectivity index is 0.000000251. The second kappa shape index (κ2) is 4.39. The molecule has 3 N–H and O–H groups in total. The molecule has 0 aliphatic heterocycles. The first-order valence-electron chi connectivity index (χ1n) is 3.93. The van der Waals surface area contributed by atoms with E-state index in [0.717, 1.165) is 5.69 Å². The highest BCUT2D eigenvalue weighted by Crippen LogP contribution is 2.38. The van der Waals surface area contributed by atoms with Crippen LogP contribution in [0.15, 0.2) is 12.4 Å². The van der Waals surface area contributed by atoms with E-state index in [4.69, 9.17) is 15.6 Å². The molecule has 1 fully saturated rings.